The zero-order valence-electron chi connectivity index (χ0n) is 15.6. The van der Waals surface area contributed by atoms with E-state index in [4.69, 9.17) is 14.7 Å². The molecule has 0 bridgehead atoms. The lowest BCUT2D eigenvalue weighted by atomic mass is 9.98. The standard InChI is InChI=1S/C21H23N3O3/c1-26-19-11-16-7-9-24(14-17(16)12-20(19)27-2)10-8-21(25)23-18-5-3-15(13-22)4-6-18/h3-6,11-12H,7-10,14H2,1-2H3,(H,23,25). The van der Waals surface area contributed by atoms with Crippen molar-refractivity contribution < 1.29 is 14.3 Å². The Morgan fingerprint density at radius 3 is 2.44 bits per heavy atom. The second-order valence-corrected chi connectivity index (χ2v) is 6.49. The van der Waals surface area contributed by atoms with Gasteiger partial charge in [0.2, 0.25) is 5.91 Å². The lowest BCUT2D eigenvalue weighted by Crippen LogP contribution is -2.33. The highest BCUT2D eigenvalue weighted by Crippen LogP contribution is 2.33. The molecule has 1 amide bonds. The summed E-state index contributed by atoms with van der Waals surface area (Å²) in [4.78, 5) is 14.5. The summed E-state index contributed by atoms with van der Waals surface area (Å²) >= 11 is 0. The summed E-state index contributed by atoms with van der Waals surface area (Å²) in [6.45, 7) is 2.39. The van der Waals surface area contributed by atoms with Crippen molar-refractivity contribution in [1.29, 1.82) is 5.26 Å². The minimum atomic E-state index is -0.0298. The van der Waals surface area contributed by atoms with Crippen LogP contribution in [0.4, 0.5) is 5.69 Å². The number of carbonyl (C=O) groups is 1. The zero-order valence-corrected chi connectivity index (χ0v) is 15.6. The Kier molecular flexibility index (Phi) is 5.94. The summed E-state index contributed by atoms with van der Waals surface area (Å²) in [6, 6.07) is 13.0. The van der Waals surface area contributed by atoms with Crippen molar-refractivity contribution in [3.63, 3.8) is 0 Å². The van der Waals surface area contributed by atoms with Crippen LogP contribution in [0.5, 0.6) is 11.5 Å². The van der Waals surface area contributed by atoms with Crippen molar-refractivity contribution >= 4 is 11.6 Å². The number of rotatable bonds is 6. The van der Waals surface area contributed by atoms with Crippen molar-refractivity contribution in [2.45, 2.75) is 19.4 Å². The number of benzene rings is 2. The van der Waals surface area contributed by atoms with Crippen LogP contribution in [0.1, 0.15) is 23.1 Å². The highest BCUT2D eigenvalue weighted by molar-refractivity contribution is 5.90. The van der Waals surface area contributed by atoms with E-state index in [0.29, 0.717) is 24.2 Å². The van der Waals surface area contributed by atoms with Crippen molar-refractivity contribution in [3.05, 3.63) is 53.1 Å². The molecule has 27 heavy (non-hydrogen) atoms. The van der Waals surface area contributed by atoms with Gasteiger partial charge in [-0.3, -0.25) is 9.69 Å². The van der Waals surface area contributed by atoms with Gasteiger partial charge in [0.25, 0.3) is 0 Å². The quantitative estimate of drug-likeness (QED) is 0.852. The van der Waals surface area contributed by atoms with Crippen molar-refractivity contribution in [2.75, 3.05) is 32.6 Å². The van der Waals surface area contributed by atoms with Gasteiger partial charge in [0.1, 0.15) is 0 Å². The van der Waals surface area contributed by atoms with E-state index in [1.165, 1.54) is 11.1 Å². The number of carbonyl (C=O) groups excluding carboxylic acids is 1. The van der Waals surface area contributed by atoms with E-state index in [0.717, 1.165) is 31.0 Å². The van der Waals surface area contributed by atoms with Crippen LogP contribution in [0.2, 0.25) is 0 Å². The Morgan fingerprint density at radius 1 is 1.15 bits per heavy atom. The number of amides is 1. The van der Waals surface area contributed by atoms with Crippen LogP contribution in [0.15, 0.2) is 36.4 Å². The average molecular weight is 365 g/mol. The van der Waals surface area contributed by atoms with Gasteiger partial charge >= 0.3 is 0 Å². The van der Waals surface area contributed by atoms with Crippen LogP contribution in [-0.2, 0) is 17.8 Å². The summed E-state index contributed by atoms with van der Waals surface area (Å²) in [6.07, 6.45) is 1.34. The monoisotopic (exact) mass is 365 g/mol. The van der Waals surface area contributed by atoms with E-state index >= 15 is 0 Å². The van der Waals surface area contributed by atoms with E-state index in [9.17, 15) is 4.79 Å². The highest BCUT2D eigenvalue weighted by Gasteiger charge is 2.20. The van der Waals surface area contributed by atoms with Gasteiger partial charge in [0.15, 0.2) is 11.5 Å². The summed E-state index contributed by atoms with van der Waals surface area (Å²) in [5.41, 5.74) is 3.77. The molecule has 0 radical (unpaired) electrons. The molecule has 2 aromatic carbocycles. The largest absolute Gasteiger partial charge is 0.493 e. The molecule has 0 fully saturated rings. The molecule has 0 unspecified atom stereocenters. The van der Waals surface area contributed by atoms with E-state index in [2.05, 4.69) is 16.3 Å². The summed E-state index contributed by atoms with van der Waals surface area (Å²) in [7, 11) is 3.28. The fraction of sp³-hybridized carbons (Fsp3) is 0.333. The molecule has 0 saturated heterocycles. The molecule has 140 valence electrons. The molecule has 0 aromatic heterocycles. The second-order valence-electron chi connectivity index (χ2n) is 6.49. The zero-order chi connectivity index (χ0) is 19.2. The van der Waals surface area contributed by atoms with Gasteiger partial charge in [-0.15, -0.1) is 0 Å². The number of hydrogen-bond donors (Lipinski definition) is 1. The van der Waals surface area contributed by atoms with Gasteiger partial charge in [-0.2, -0.15) is 5.26 Å². The van der Waals surface area contributed by atoms with Crippen molar-refractivity contribution in [2.24, 2.45) is 0 Å². The molecule has 0 aliphatic carbocycles. The van der Waals surface area contributed by atoms with Crippen LogP contribution in [-0.4, -0.2) is 38.1 Å². The first-order chi connectivity index (χ1) is 13.1. The molecular formula is C21H23N3O3. The third kappa shape index (κ3) is 4.57. The van der Waals surface area contributed by atoms with Crippen molar-refractivity contribution in [1.82, 2.24) is 4.90 Å². The van der Waals surface area contributed by atoms with E-state index in [1.807, 2.05) is 12.1 Å². The minimum absolute atomic E-state index is 0.0298. The fourth-order valence-corrected chi connectivity index (χ4v) is 3.24. The van der Waals surface area contributed by atoms with E-state index in [-0.39, 0.29) is 5.91 Å². The van der Waals surface area contributed by atoms with Gasteiger partial charge in [-0.05, 0) is 53.9 Å². The molecule has 2 aromatic rings. The predicted molar refractivity (Wildman–Crippen MR) is 103 cm³/mol. The number of anilines is 1. The molecule has 1 heterocycles. The smallest absolute Gasteiger partial charge is 0.225 e. The molecule has 0 saturated carbocycles. The number of ether oxygens (including phenoxy) is 2. The molecule has 0 spiro atoms. The maximum absolute atomic E-state index is 12.2. The average Bonchev–Trinajstić information content (AvgIpc) is 2.71. The van der Waals surface area contributed by atoms with Gasteiger partial charge in [-0.25, -0.2) is 0 Å². The number of nitriles is 1. The first-order valence-electron chi connectivity index (χ1n) is 8.89. The molecule has 6 heteroatoms. The Balaban J connectivity index is 1.55. The summed E-state index contributed by atoms with van der Waals surface area (Å²) in [5, 5.41) is 11.7. The molecule has 3 rings (SSSR count). The van der Waals surface area contributed by atoms with Gasteiger partial charge in [0, 0.05) is 31.7 Å². The Morgan fingerprint density at radius 2 is 1.81 bits per heavy atom. The van der Waals surface area contributed by atoms with Crippen LogP contribution < -0.4 is 14.8 Å². The molecule has 1 aliphatic heterocycles. The topological polar surface area (TPSA) is 74.6 Å². The number of fused-ring (bicyclic) bond motifs is 1. The fourth-order valence-electron chi connectivity index (χ4n) is 3.24. The normalized spacial score (nSPS) is 13.4. The van der Waals surface area contributed by atoms with Crippen molar-refractivity contribution in [3.8, 4) is 17.6 Å². The number of hydrogen-bond acceptors (Lipinski definition) is 5. The highest BCUT2D eigenvalue weighted by atomic mass is 16.5. The lowest BCUT2D eigenvalue weighted by molar-refractivity contribution is -0.116. The summed E-state index contributed by atoms with van der Waals surface area (Å²) < 4.78 is 10.8. The van der Waals surface area contributed by atoms with Crippen LogP contribution >= 0.6 is 0 Å². The molecule has 1 N–H and O–H groups in total. The Hall–Kier alpha value is -3.04. The molecule has 6 nitrogen and oxygen atoms in total. The third-order valence-electron chi connectivity index (χ3n) is 4.75. The summed E-state index contributed by atoms with van der Waals surface area (Å²) in [5.74, 6) is 1.46. The number of nitrogens with one attached hydrogen (secondary N) is 1. The van der Waals surface area contributed by atoms with Crippen LogP contribution in [0.25, 0.3) is 0 Å². The minimum Gasteiger partial charge on any atom is -0.493 e. The van der Waals surface area contributed by atoms with Gasteiger partial charge in [-0.1, -0.05) is 0 Å². The first-order valence-corrected chi connectivity index (χ1v) is 8.89. The van der Waals surface area contributed by atoms with Crippen LogP contribution in [0.3, 0.4) is 0 Å². The number of nitrogens with zero attached hydrogens (tertiary/aromatic N) is 2. The van der Waals surface area contributed by atoms with Crippen LogP contribution in [0, 0.1) is 11.3 Å². The maximum atomic E-state index is 12.2. The molecule has 0 atom stereocenters. The SMILES string of the molecule is COc1cc2c(cc1OC)CN(CCC(=O)Nc1ccc(C#N)cc1)CC2. The van der Waals surface area contributed by atoms with Gasteiger partial charge in [0.05, 0.1) is 25.9 Å². The number of methoxy groups -OCH3 is 2. The first kappa shape index (κ1) is 18.7. The predicted octanol–water partition coefficient (Wildman–Crippen LogP) is 2.96. The Labute approximate surface area is 159 Å². The molecule has 1 aliphatic rings. The lowest BCUT2D eigenvalue weighted by Gasteiger charge is -2.29. The van der Waals surface area contributed by atoms with E-state index < -0.39 is 0 Å². The van der Waals surface area contributed by atoms with Gasteiger partial charge < -0.3 is 14.8 Å². The third-order valence-corrected chi connectivity index (χ3v) is 4.75. The Bertz CT molecular complexity index is 856. The second kappa shape index (κ2) is 8.56. The molecular weight excluding hydrogens is 342 g/mol. The maximum Gasteiger partial charge on any atom is 0.225 e. The van der Waals surface area contributed by atoms with E-state index in [1.54, 1.807) is 38.5 Å².